The minimum atomic E-state index is -3.32. The first-order valence-corrected chi connectivity index (χ1v) is 9.72. The Morgan fingerprint density at radius 3 is 2.71 bits per heavy atom. The number of sulfone groups is 1. The Morgan fingerprint density at radius 1 is 1.17 bits per heavy atom. The minimum Gasteiger partial charge on any atom is -0.311 e. The normalized spacial score (nSPS) is 22.6. The van der Waals surface area contributed by atoms with Crippen LogP contribution in [0, 0.1) is 6.92 Å². The number of nitrogens with zero attached hydrogens (tertiary/aromatic N) is 1. The highest BCUT2D eigenvalue weighted by Gasteiger charge is 2.53. The average molecular weight is 342 g/mol. The summed E-state index contributed by atoms with van der Waals surface area (Å²) in [5, 5.41) is 3.45. The van der Waals surface area contributed by atoms with Crippen LogP contribution in [0.4, 0.5) is 0 Å². The Morgan fingerprint density at radius 2 is 1.96 bits per heavy atom. The number of rotatable bonds is 2. The molecule has 5 nitrogen and oxygen atoms in total. The molecule has 1 unspecified atom stereocenters. The lowest BCUT2D eigenvalue weighted by Gasteiger charge is -2.33. The zero-order valence-corrected chi connectivity index (χ0v) is 14.4. The summed E-state index contributed by atoms with van der Waals surface area (Å²) >= 11 is 0. The number of aryl methyl sites for hydroxylation is 1. The number of carbonyl (C=O) groups excluding carboxylic acids is 1. The van der Waals surface area contributed by atoms with Gasteiger partial charge in [-0.05, 0) is 30.7 Å². The summed E-state index contributed by atoms with van der Waals surface area (Å²) in [5.74, 6) is -0.0141. The Labute approximate surface area is 141 Å². The van der Waals surface area contributed by atoms with Crippen LogP contribution < -0.4 is 5.32 Å². The van der Waals surface area contributed by atoms with Gasteiger partial charge in [0.15, 0.2) is 9.84 Å². The molecule has 0 radical (unpaired) electrons. The molecule has 2 aliphatic rings. The molecule has 1 amide bonds. The first-order valence-electron chi connectivity index (χ1n) is 7.83. The van der Waals surface area contributed by atoms with Gasteiger partial charge in [-0.2, -0.15) is 0 Å². The Hall–Kier alpha value is -2.18. The largest absolute Gasteiger partial charge is 0.311 e. The molecule has 0 aliphatic carbocycles. The zero-order chi connectivity index (χ0) is 17.1. The second kappa shape index (κ2) is 4.91. The molecule has 1 atom stereocenters. The topological polar surface area (TPSA) is 66.5 Å². The highest BCUT2D eigenvalue weighted by molar-refractivity contribution is 7.90. The summed E-state index contributed by atoms with van der Waals surface area (Å²) in [6.45, 7) is 3.25. The number of fused-ring (bicyclic) bond motifs is 3. The van der Waals surface area contributed by atoms with Crippen LogP contribution in [0.3, 0.4) is 0 Å². The van der Waals surface area contributed by atoms with E-state index in [9.17, 15) is 13.2 Å². The highest BCUT2D eigenvalue weighted by Crippen LogP contribution is 2.44. The molecule has 2 aromatic rings. The van der Waals surface area contributed by atoms with Gasteiger partial charge in [0.2, 0.25) is 0 Å². The molecule has 24 heavy (non-hydrogen) atoms. The van der Waals surface area contributed by atoms with Crippen molar-refractivity contribution in [1.82, 2.24) is 10.2 Å². The summed E-state index contributed by atoms with van der Waals surface area (Å²) in [6.07, 6.45) is 1.20. The first-order chi connectivity index (χ1) is 11.3. The van der Waals surface area contributed by atoms with Crippen molar-refractivity contribution in [2.75, 3.05) is 19.3 Å². The van der Waals surface area contributed by atoms with Crippen LogP contribution in [0.2, 0.25) is 0 Å². The molecule has 0 bridgehead atoms. The summed E-state index contributed by atoms with van der Waals surface area (Å²) < 4.78 is 23.9. The SMILES string of the molecule is Cc1ccc2c(c1)C1(c3cccc(S(C)(=O)=O)c3)NCCN1C2=O. The van der Waals surface area contributed by atoms with Gasteiger partial charge in [0.05, 0.1) is 4.90 Å². The summed E-state index contributed by atoms with van der Waals surface area (Å²) in [5.41, 5.74) is 2.64. The molecular formula is C18H18N2O3S. The third-order valence-electron chi connectivity index (χ3n) is 4.84. The molecule has 1 N–H and O–H groups in total. The van der Waals surface area contributed by atoms with E-state index in [-0.39, 0.29) is 10.8 Å². The summed E-state index contributed by atoms with van der Waals surface area (Å²) in [4.78, 5) is 14.9. The van der Waals surface area contributed by atoms with Crippen molar-refractivity contribution in [3.05, 3.63) is 64.7 Å². The van der Waals surface area contributed by atoms with E-state index in [1.165, 1.54) is 6.26 Å². The van der Waals surface area contributed by atoms with E-state index in [0.717, 1.165) is 16.7 Å². The Kier molecular flexibility index (Phi) is 3.14. The molecule has 2 aromatic carbocycles. The molecule has 2 heterocycles. The van der Waals surface area contributed by atoms with Crippen LogP contribution in [0.25, 0.3) is 0 Å². The standard InChI is InChI=1S/C18H18N2O3S/c1-12-6-7-15-16(10-12)18(19-8-9-20(18)17(15)21)13-4-3-5-14(11-13)24(2,22)23/h3-7,10-11,19H,8-9H2,1-2H3. The lowest BCUT2D eigenvalue weighted by molar-refractivity contribution is 0.0694. The molecule has 0 spiro atoms. The summed E-state index contributed by atoms with van der Waals surface area (Å²) in [6, 6.07) is 12.7. The van der Waals surface area contributed by atoms with Crippen molar-refractivity contribution in [1.29, 1.82) is 0 Å². The Bertz CT molecular complexity index is 968. The van der Waals surface area contributed by atoms with Gasteiger partial charge < -0.3 is 4.90 Å². The van der Waals surface area contributed by atoms with E-state index in [1.807, 2.05) is 31.2 Å². The van der Waals surface area contributed by atoms with Gasteiger partial charge in [-0.3, -0.25) is 10.1 Å². The van der Waals surface area contributed by atoms with Gasteiger partial charge in [0.25, 0.3) is 5.91 Å². The molecule has 2 aliphatic heterocycles. The van der Waals surface area contributed by atoms with E-state index in [2.05, 4.69) is 5.32 Å². The lowest BCUT2D eigenvalue weighted by atomic mass is 9.90. The molecule has 1 fully saturated rings. The fraction of sp³-hybridized carbons (Fsp3) is 0.278. The number of nitrogens with one attached hydrogen (secondary N) is 1. The fourth-order valence-corrected chi connectivity index (χ4v) is 4.43. The van der Waals surface area contributed by atoms with Crippen molar-refractivity contribution in [3.63, 3.8) is 0 Å². The van der Waals surface area contributed by atoms with Crippen LogP contribution in [0.1, 0.15) is 27.0 Å². The van der Waals surface area contributed by atoms with Crippen LogP contribution in [-0.4, -0.2) is 38.6 Å². The quantitative estimate of drug-likeness (QED) is 0.901. The van der Waals surface area contributed by atoms with Crippen LogP contribution >= 0.6 is 0 Å². The first kappa shape index (κ1) is 15.4. The summed E-state index contributed by atoms with van der Waals surface area (Å²) in [7, 11) is -3.32. The third kappa shape index (κ3) is 1.96. The van der Waals surface area contributed by atoms with Gasteiger partial charge in [0.1, 0.15) is 5.66 Å². The highest BCUT2D eigenvalue weighted by atomic mass is 32.2. The second-order valence-corrected chi connectivity index (χ2v) is 8.46. The van der Waals surface area contributed by atoms with E-state index in [1.54, 1.807) is 23.1 Å². The van der Waals surface area contributed by atoms with Gasteiger partial charge in [0, 0.05) is 30.5 Å². The minimum absolute atomic E-state index is 0.0141. The molecule has 4 rings (SSSR count). The van der Waals surface area contributed by atoms with Crippen molar-refractivity contribution in [2.24, 2.45) is 0 Å². The smallest absolute Gasteiger partial charge is 0.256 e. The predicted octanol–water partition coefficient (Wildman–Crippen LogP) is 1.66. The molecule has 6 heteroatoms. The van der Waals surface area contributed by atoms with Gasteiger partial charge in [-0.15, -0.1) is 0 Å². The van der Waals surface area contributed by atoms with Crippen molar-refractivity contribution in [2.45, 2.75) is 17.5 Å². The fourth-order valence-electron chi connectivity index (χ4n) is 3.76. The third-order valence-corrected chi connectivity index (χ3v) is 5.95. The van der Waals surface area contributed by atoms with E-state index >= 15 is 0 Å². The molecule has 0 aromatic heterocycles. The maximum Gasteiger partial charge on any atom is 0.256 e. The molecule has 124 valence electrons. The second-order valence-electron chi connectivity index (χ2n) is 6.44. The monoisotopic (exact) mass is 342 g/mol. The van der Waals surface area contributed by atoms with Crippen molar-refractivity contribution >= 4 is 15.7 Å². The number of benzene rings is 2. The number of amides is 1. The van der Waals surface area contributed by atoms with Crippen LogP contribution in [0.5, 0.6) is 0 Å². The van der Waals surface area contributed by atoms with Crippen molar-refractivity contribution < 1.29 is 13.2 Å². The van der Waals surface area contributed by atoms with E-state index < -0.39 is 15.5 Å². The van der Waals surface area contributed by atoms with Gasteiger partial charge in [-0.1, -0.05) is 29.8 Å². The zero-order valence-electron chi connectivity index (χ0n) is 13.5. The molecular weight excluding hydrogens is 324 g/mol. The maximum absolute atomic E-state index is 12.8. The average Bonchev–Trinajstić information content (AvgIpc) is 3.07. The van der Waals surface area contributed by atoms with Crippen LogP contribution in [-0.2, 0) is 15.5 Å². The lowest BCUT2D eigenvalue weighted by Crippen LogP contribution is -2.46. The van der Waals surface area contributed by atoms with Crippen molar-refractivity contribution in [3.8, 4) is 0 Å². The van der Waals surface area contributed by atoms with Gasteiger partial charge >= 0.3 is 0 Å². The van der Waals surface area contributed by atoms with E-state index in [4.69, 9.17) is 0 Å². The Balaban J connectivity index is 2.00. The number of hydrogen-bond acceptors (Lipinski definition) is 4. The maximum atomic E-state index is 12.8. The number of carbonyl (C=O) groups is 1. The molecule has 1 saturated heterocycles. The van der Waals surface area contributed by atoms with Crippen LogP contribution in [0.15, 0.2) is 47.4 Å². The number of hydrogen-bond donors (Lipinski definition) is 1. The van der Waals surface area contributed by atoms with E-state index in [0.29, 0.717) is 18.7 Å². The van der Waals surface area contributed by atoms with Gasteiger partial charge in [-0.25, -0.2) is 8.42 Å². The predicted molar refractivity (Wildman–Crippen MR) is 90.6 cm³/mol. The molecule has 0 saturated carbocycles.